The summed E-state index contributed by atoms with van der Waals surface area (Å²) < 4.78 is 0. The molecular weight excluding hydrogens is 200 g/mol. The molecule has 0 aliphatic heterocycles. The fraction of sp³-hybridized carbons (Fsp3) is 0.462. The van der Waals surface area contributed by atoms with Crippen molar-refractivity contribution in [3.05, 3.63) is 29.8 Å². The smallest absolute Gasteiger partial charge is 0.220 e. The molecule has 1 rings (SSSR count). The number of amides is 1. The van der Waals surface area contributed by atoms with Crippen molar-refractivity contribution in [1.29, 1.82) is 0 Å². The first-order valence-electron chi connectivity index (χ1n) is 5.64. The molecular formula is C13H20N2O. The van der Waals surface area contributed by atoms with Crippen LogP contribution < -0.4 is 11.1 Å². The van der Waals surface area contributed by atoms with Crippen LogP contribution in [0.15, 0.2) is 24.3 Å². The number of hydrogen-bond acceptors (Lipinski definition) is 2. The Bertz CT molecular complexity index is 361. The molecule has 0 aliphatic rings. The number of carbonyl (C=O) groups excluding carboxylic acids is 1. The van der Waals surface area contributed by atoms with Gasteiger partial charge in [0.05, 0.1) is 6.04 Å². The van der Waals surface area contributed by atoms with Crippen LogP contribution in [0.3, 0.4) is 0 Å². The van der Waals surface area contributed by atoms with Crippen LogP contribution in [0.4, 0.5) is 5.69 Å². The Morgan fingerprint density at radius 1 is 1.38 bits per heavy atom. The highest BCUT2D eigenvalue weighted by atomic mass is 16.1. The van der Waals surface area contributed by atoms with Gasteiger partial charge in [-0.3, -0.25) is 4.79 Å². The number of nitrogen functional groups attached to an aromatic ring is 1. The Balaban J connectivity index is 2.58. The second-order valence-corrected chi connectivity index (χ2v) is 4.56. The van der Waals surface area contributed by atoms with Gasteiger partial charge in [0.25, 0.3) is 0 Å². The number of nitrogens with one attached hydrogen (secondary N) is 1. The number of anilines is 1. The monoisotopic (exact) mass is 220 g/mol. The zero-order valence-corrected chi connectivity index (χ0v) is 10.2. The molecule has 0 radical (unpaired) electrons. The molecule has 0 bridgehead atoms. The molecule has 3 N–H and O–H groups in total. The van der Waals surface area contributed by atoms with E-state index < -0.39 is 0 Å². The maximum atomic E-state index is 11.6. The standard InChI is InChI=1S/C13H20N2O/c1-9(2)7-13(16)15-10(3)11-5-4-6-12(14)8-11/h4-6,8-10H,7,14H2,1-3H3,(H,15,16). The average Bonchev–Trinajstić information content (AvgIpc) is 2.16. The number of nitrogens with two attached hydrogens (primary N) is 1. The summed E-state index contributed by atoms with van der Waals surface area (Å²) >= 11 is 0. The third-order valence-electron chi connectivity index (χ3n) is 2.38. The Morgan fingerprint density at radius 2 is 2.06 bits per heavy atom. The van der Waals surface area contributed by atoms with Gasteiger partial charge < -0.3 is 11.1 Å². The van der Waals surface area contributed by atoms with E-state index in [9.17, 15) is 4.79 Å². The van der Waals surface area contributed by atoms with Gasteiger partial charge >= 0.3 is 0 Å². The molecule has 1 unspecified atom stereocenters. The minimum Gasteiger partial charge on any atom is -0.399 e. The Morgan fingerprint density at radius 3 is 2.62 bits per heavy atom. The quantitative estimate of drug-likeness (QED) is 0.766. The van der Waals surface area contributed by atoms with Gasteiger partial charge in [0.2, 0.25) is 5.91 Å². The third-order valence-corrected chi connectivity index (χ3v) is 2.38. The molecule has 0 spiro atoms. The SMILES string of the molecule is CC(C)CC(=O)NC(C)c1cccc(N)c1. The van der Waals surface area contributed by atoms with Crippen LogP contribution in [0, 0.1) is 5.92 Å². The van der Waals surface area contributed by atoms with Crippen molar-refractivity contribution in [1.82, 2.24) is 5.32 Å². The molecule has 0 aliphatic carbocycles. The molecule has 16 heavy (non-hydrogen) atoms. The maximum Gasteiger partial charge on any atom is 0.220 e. The van der Waals surface area contributed by atoms with Crippen molar-refractivity contribution in [3.63, 3.8) is 0 Å². The molecule has 0 saturated heterocycles. The molecule has 0 saturated carbocycles. The lowest BCUT2D eigenvalue weighted by Crippen LogP contribution is -2.27. The van der Waals surface area contributed by atoms with Crippen LogP contribution in [0.2, 0.25) is 0 Å². The van der Waals surface area contributed by atoms with Gasteiger partial charge in [0, 0.05) is 12.1 Å². The Labute approximate surface area is 97.0 Å². The minimum absolute atomic E-state index is 0.00903. The van der Waals surface area contributed by atoms with E-state index in [2.05, 4.69) is 5.32 Å². The highest BCUT2D eigenvalue weighted by Gasteiger charge is 2.10. The van der Waals surface area contributed by atoms with Gasteiger partial charge in [0.1, 0.15) is 0 Å². The molecule has 1 aromatic rings. The lowest BCUT2D eigenvalue weighted by atomic mass is 10.1. The van der Waals surface area contributed by atoms with Crippen LogP contribution in [0.25, 0.3) is 0 Å². The third kappa shape index (κ3) is 3.93. The van der Waals surface area contributed by atoms with Crippen LogP contribution in [0.5, 0.6) is 0 Å². The number of rotatable bonds is 4. The van der Waals surface area contributed by atoms with Gasteiger partial charge in [-0.05, 0) is 30.5 Å². The normalized spacial score (nSPS) is 12.5. The first kappa shape index (κ1) is 12.6. The molecule has 1 aromatic carbocycles. The summed E-state index contributed by atoms with van der Waals surface area (Å²) in [6.45, 7) is 6.03. The second-order valence-electron chi connectivity index (χ2n) is 4.56. The van der Waals surface area contributed by atoms with Gasteiger partial charge in [-0.15, -0.1) is 0 Å². The largest absolute Gasteiger partial charge is 0.399 e. The van der Waals surface area contributed by atoms with Crippen molar-refractivity contribution < 1.29 is 4.79 Å². The zero-order valence-electron chi connectivity index (χ0n) is 10.2. The number of hydrogen-bond donors (Lipinski definition) is 2. The van der Waals surface area contributed by atoms with Crippen molar-refractivity contribution >= 4 is 11.6 Å². The fourth-order valence-corrected chi connectivity index (χ4v) is 1.58. The second kappa shape index (κ2) is 5.54. The van der Waals surface area contributed by atoms with Crippen molar-refractivity contribution in [2.45, 2.75) is 33.2 Å². The van der Waals surface area contributed by atoms with Crippen LogP contribution >= 0.6 is 0 Å². The van der Waals surface area contributed by atoms with Gasteiger partial charge in [-0.1, -0.05) is 26.0 Å². The lowest BCUT2D eigenvalue weighted by molar-refractivity contribution is -0.122. The molecule has 0 heterocycles. The summed E-state index contributed by atoms with van der Waals surface area (Å²) in [4.78, 5) is 11.6. The summed E-state index contributed by atoms with van der Waals surface area (Å²) in [6.07, 6.45) is 0.562. The van der Waals surface area contributed by atoms with E-state index in [1.807, 2.05) is 45.0 Å². The molecule has 1 atom stereocenters. The summed E-state index contributed by atoms with van der Waals surface area (Å²) in [5.41, 5.74) is 7.46. The first-order chi connectivity index (χ1) is 7.49. The molecule has 88 valence electrons. The molecule has 0 fully saturated rings. The van der Waals surface area contributed by atoms with E-state index in [4.69, 9.17) is 5.73 Å². The Kier molecular flexibility index (Phi) is 4.35. The van der Waals surface area contributed by atoms with E-state index in [0.29, 0.717) is 12.3 Å². The van der Waals surface area contributed by atoms with Crippen molar-refractivity contribution in [2.24, 2.45) is 5.92 Å². The van der Waals surface area contributed by atoms with Crippen LogP contribution in [-0.2, 0) is 4.79 Å². The van der Waals surface area contributed by atoms with Crippen LogP contribution in [0.1, 0.15) is 38.8 Å². The number of benzene rings is 1. The summed E-state index contributed by atoms with van der Waals surface area (Å²) in [5.74, 6) is 0.470. The number of carbonyl (C=O) groups is 1. The van der Waals surface area contributed by atoms with E-state index in [1.165, 1.54) is 0 Å². The molecule has 3 heteroatoms. The fourth-order valence-electron chi connectivity index (χ4n) is 1.58. The van der Waals surface area contributed by atoms with Gasteiger partial charge in [-0.2, -0.15) is 0 Å². The lowest BCUT2D eigenvalue weighted by Gasteiger charge is -2.15. The average molecular weight is 220 g/mol. The zero-order chi connectivity index (χ0) is 12.1. The van der Waals surface area contributed by atoms with E-state index in [1.54, 1.807) is 0 Å². The van der Waals surface area contributed by atoms with E-state index in [-0.39, 0.29) is 11.9 Å². The summed E-state index contributed by atoms with van der Waals surface area (Å²) in [7, 11) is 0. The molecule has 0 aromatic heterocycles. The first-order valence-corrected chi connectivity index (χ1v) is 5.64. The molecule has 1 amide bonds. The predicted molar refractivity (Wildman–Crippen MR) is 66.9 cm³/mol. The predicted octanol–water partition coefficient (Wildman–Crippen LogP) is 2.49. The van der Waals surface area contributed by atoms with E-state index in [0.717, 1.165) is 11.3 Å². The van der Waals surface area contributed by atoms with E-state index >= 15 is 0 Å². The van der Waals surface area contributed by atoms with Gasteiger partial charge in [0.15, 0.2) is 0 Å². The summed E-state index contributed by atoms with van der Waals surface area (Å²) in [5, 5.41) is 2.96. The van der Waals surface area contributed by atoms with Crippen molar-refractivity contribution in [2.75, 3.05) is 5.73 Å². The maximum absolute atomic E-state index is 11.6. The highest BCUT2D eigenvalue weighted by Crippen LogP contribution is 2.15. The minimum atomic E-state index is 0.00903. The highest BCUT2D eigenvalue weighted by molar-refractivity contribution is 5.76. The summed E-state index contributed by atoms with van der Waals surface area (Å²) in [6, 6.07) is 7.61. The molecule has 3 nitrogen and oxygen atoms in total. The van der Waals surface area contributed by atoms with Crippen LogP contribution in [-0.4, -0.2) is 5.91 Å². The topological polar surface area (TPSA) is 55.1 Å². The van der Waals surface area contributed by atoms with Crippen molar-refractivity contribution in [3.8, 4) is 0 Å². The Hall–Kier alpha value is -1.51. The van der Waals surface area contributed by atoms with Gasteiger partial charge in [-0.25, -0.2) is 0 Å².